The van der Waals surface area contributed by atoms with Crippen molar-refractivity contribution < 1.29 is 19.2 Å². The summed E-state index contributed by atoms with van der Waals surface area (Å²) in [4.78, 5) is 25.8. The van der Waals surface area contributed by atoms with E-state index in [1.165, 1.54) is 18.2 Å². The van der Waals surface area contributed by atoms with E-state index in [2.05, 4.69) is 4.98 Å². The molecule has 0 aliphatic carbocycles. The highest BCUT2D eigenvalue weighted by molar-refractivity contribution is 5.86. The molecule has 0 spiro atoms. The largest absolute Gasteiger partial charge is 0.475 e. The Balaban J connectivity index is 2.55. The second-order valence-corrected chi connectivity index (χ2v) is 4.97. The summed E-state index contributed by atoms with van der Waals surface area (Å²) in [6.45, 7) is 3.84. The molecule has 0 unspecified atom stereocenters. The standard InChI is InChI=1S/C14H14N2O5/c1-8(2)7-10-12(14(17)18)21-13(15-10)9-5-3-4-6-11(9)16(19)20/h3-6,8H,7H2,1-2H3,(H,17,18). The summed E-state index contributed by atoms with van der Waals surface area (Å²) in [6, 6.07) is 5.93. The number of nitro benzene ring substituents is 1. The summed E-state index contributed by atoms with van der Waals surface area (Å²) in [5.41, 5.74) is 0.289. The van der Waals surface area contributed by atoms with Gasteiger partial charge in [0.25, 0.3) is 5.69 Å². The van der Waals surface area contributed by atoms with Crippen LogP contribution in [0.2, 0.25) is 0 Å². The van der Waals surface area contributed by atoms with Crippen molar-refractivity contribution in [2.45, 2.75) is 20.3 Å². The molecule has 2 rings (SSSR count). The number of aromatic carboxylic acids is 1. The van der Waals surface area contributed by atoms with Crippen molar-refractivity contribution in [3.05, 3.63) is 45.8 Å². The Bertz CT molecular complexity index is 690. The first-order chi connectivity index (χ1) is 9.90. The van der Waals surface area contributed by atoms with Gasteiger partial charge in [0.2, 0.25) is 11.7 Å². The maximum absolute atomic E-state index is 11.2. The first kappa shape index (κ1) is 14.7. The van der Waals surface area contributed by atoms with Gasteiger partial charge >= 0.3 is 5.97 Å². The van der Waals surface area contributed by atoms with Gasteiger partial charge in [-0.15, -0.1) is 0 Å². The van der Waals surface area contributed by atoms with E-state index < -0.39 is 10.9 Å². The van der Waals surface area contributed by atoms with Crippen LogP contribution in [0.15, 0.2) is 28.7 Å². The van der Waals surface area contributed by atoms with Gasteiger partial charge in [0.05, 0.1) is 10.6 Å². The predicted molar refractivity (Wildman–Crippen MR) is 74.1 cm³/mol. The van der Waals surface area contributed by atoms with E-state index in [4.69, 9.17) is 9.52 Å². The van der Waals surface area contributed by atoms with E-state index in [-0.39, 0.29) is 28.8 Å². The minimum Gasteiger partial charge on any atom is -0.475 e. The van der Waals surface area contributed by atoms with E-state index in [9.17, 15) is 14.9 Å². The number of para-hydroxylation sites is 1. The van der Waals surface area contributed by atoms with Gasteiger partial charge in [-0.2, -0.15) is 0 Å². The maximum Gasteiger partial charge on any atom is 0.373 e. The molecule has 0 aliphatic heterocycles. The quantitative estimate of drug-likeness (QED) is 0.669. The van der Waals surface area contributed by atoms with Crippen LogP contribution in [-0.4, -0.2) is 21.0 Å². The fraction of sp³-hybridized carbons (Fsp3) is 0.286. The van der Waals surface area contributed by atoms with Crippen molar-refractivity contribution in [3.63, 3.8) is 0 Å². The second-order valence-electron chi connectivity index (χ2n) is 4.97. The molecular formula is C14H14N2O5. The maximum atomic E-state index is 11.2. The number of nitro groups is 1. The molecule has 0 bridgehead atoms. The number of carbonyl (C=O) groups is 1. The third-order valence-corrected chi connectivity index (χ3v) is 2.82. The minimum absolute atomic E-state index is 0.0460. The van der Waals surface area contributed by atoms with Crippen molar-refractivity contribution in [3.8, 4) is 11.5 Å². The number of aromatic nitrogens is 1. The fourth-order valence-electron chi connectivity index (χ4n) is 1.97. The zero-order valence-corrected chi connectivity index (χ0v) is 11.6. The number of benzene rings is 1. The number of carboxylic acid groups (broad SMARTS) is 1. The van der Waals surface area contributed by atoms with Gasteiger partial charge in [-0.1, -0.05) is 26.0 Å². The molecule has 0 saturated carbocycles. The molecule has 110 valence electrons. The summed E-state index contributed by atoms with van der Waals surface area (Å²) in [5, 5.41) is 20.2. The second kappa shape index (κ2) is 5.74. The molecule has 1 aromatic heterocycles. The Kier molecular flexibility index (Phi) is 4.02. The summed E-state index contributed by atoms with van der Waals surface area (Å²) >= 11 is 0. The van der Waals surface area contributed by atoms with Crippen LogP contribution < -0.4 is 0 Å². The van der Waals surface area contributed by atoms with Gasteiger partial charge in [0, 0.05) is 6.07 Å². The molecule has 1 N–H and O–H groups in total. The van der Waals surface area contributed by atoms with Gasteiger partial charge in [-0.25, -0.2) is 9.78 Å². The number of rotatable bonds is 5. The molecule has 2 aromatic rings. The summed E-state index contributed by atoms with van der Waals surface area (Å²) in [5.74, 6) is -1.36. The highest BCUT2D eigenvalue weighted by Gasteiger charge is 2.24. The first-order valence-electron chi connectivity index (χ1n) is 6.37. The van der Waals surface area contributed by atoms with Crippen LogP contribution in [0.5, 0.6) is 0 Å². The van der Waals surface area contributed by atoms with Crippen molar-refractivity contribution in [2.75, 3.05) is 0 Å². The molecule has 1 heterocycles. The van der Waals surface area contributed by atoms with Gasteiger partial charge in [0.15, 0.2) is 0 Å². The number of hydrogen-bond acceptors (Lipinski definition) is 5. The smallest absolute Gasteiger partial charge is 0.373 e. The summed E-state index contributed by atoms with van der Waals surface area (Å²) in [7, 11) is 0. The van der Waals surface area contributed by atoms with Gasteiger partial charge in [-0.3, -0.25) is 10.1 Å². The Hall–Kier alpha value is -2.70. The molecule has 0 atom stereocenters. The lowest BCUT2D eigenvalue weighted by Crippen LogP contribution is -2.03. The normalized spacial score (nSPS) is 10.8. The molecular weight excluding hydrogens is 276 g/mol. The molecule has 0 saturated heterocycles. The van der Waals surface area contributed by atoms with Crippen LogP contribution in [0, 0.1) is 16.0 Å². The van der Waals surface area contributed by atoms with E-state index in [0.717, 1.165) is 0 Å². The topological polar surface area (TPSA) is 106 Å². The number of nitrogens with zero attached hydrogens (tertiary/aromatic N) is 2. The van der Waals surface area contributed by atoms with Gasteiger partial charge in [0.1, 0.15) is 5.56 Å². The summed E-state index contributed by atoms with van der Waals surface area (Å²) < 4.78 is 5.24. The number of carboxylic acids is 1. The molecule has 0 radical (unpaired) electrons. The Morgan fingerprint density at radius 1 is 1.43 bits per heavy atom. The predicted octanol–water partition coefficient (Wildman–Crippen LogP) is 3.15. The van der Waals surface area contributed by atoms with Gasteiger partial charge < -0.3 is 9.52 Å². The molecule has 0 fully saturated rings. The van der Waals surface area contributed by atoms with E-state index in [1.54, 1.807) is 6.07 Å². The van der Waals surface area contributed by atoms with Crippen molar-refractivity contribution in [1.29, 1.82) is 0 Å². The molecule has 7 nitrogen and oxygen atoms in total. The zero-order valence-electron chi connectivity index (χ0n) is 11.6. The first-order valence-corrected chi connectivity index (χ1v) is 6.37. The SMILES string of the molecule is CC(C)Cc1nc(-c2ccccc2[N+](=O)[O-])oc1C(=O)O. The average molecular weight is 290 g/mol. The molecule has 0 aliphatic rings. The van der Waals surface area contributed by atoms with E-state index >= 15 is 0 Å². The molecule has 0 amide bonds. The number of hydrogen-bond donors (Lipinski definition) is 1. The van der Waals surface area contributed by atoms with Crippen LogP contribution in [-0.2, 0) is 6.42 Å². The number of oxazole rings is 1. The monoisotopic (exact) mass is 290 g/mol. The molecule has 21 heavy (non-hydrogen) atoms. The van der Waals surface area contributed by atoms with Crippen LogP contribution in [0.4, 0.5) is 5.69 Å². The third kappa shape index (κ3) is 3.07. The lowest BCUT2D eigenvalue weighted by molar-refractivity contribution is -0.384. The van der Waals surface area contributed by atoms with E-state index in [1.807, 2.05) is 13.8 Å². The lowest BCUT2D eigenvalue weighted by Gasteiger charge is -2.00. The fourth-order valence-corrected chi connectivity index (χ4v) is 1.97. The van der Waals surface area contributed by atoms with Crippen LogP contribution in [0.25, 0.3) is 11.5 Å². The highest BCUT2D eigenvalue weighted by Crippen LogP contribution is 2.30. The average Bonchev–Trinajstić information content (AvgIpc) is 2.81. The highest BCUT2D eigenvalue weighted by atomic mass is 16.6. The van der Waals surface area contributed by atoms with Crippen molar-refractivity contribution in [1.82, 2.24) is 4.98 Å². The van der Waals surface area contributed by atoms with Crippen molar-refractivity contribution >= 4 is 11.7 Å². The third-order valence-electron chi connectivity index (χ3n) is 2.82. The van der Waals surface area contributed by atoms with E-state index in [0.29, 0.717) is 12.1 Å². The van der Waals surface area contributed by atoms with Crippen LogP contribution in [0.3, 0.4) is 0 Å². The Morgan fingerprint density at radius 3 is 2.67 bits per heavy atom. The lowest BCUT2D eigenvalue weighted by atomic mass is 10.1. The van der Waals surface area contributed by atoms with Gasteiger partial charge in [-0.05, 0) is 18.4 Å². The van der Waals surface area contributed by atoms with Crippen LogP contribution >= 0.6 is 0 Å². The van der Waals surface area contributed by atoms with Crippen molar-refractivity contribution in [2.24, 2.45) is 5.92 Å². The molecule has 7 heteroatoms. The zero-order chi connectivity index (χ0) is 15.6. The summed E-state index contributed by atoms with van der Waals surface area (Å²) in [6.07, 6.45) is 0.422. The Morgan fingerprint density at radius 2 is 2.10 bits per heavy atom. The van der Waals surface area contributed by atoms with Crippen LogP contribution in [0.1, 0.15) is 30.1 Å². The Labute approximate surface area is 120 Å². The molecule has 1 aromatic carbocycles. The minimum atomic E-state index is -1.23.